The molecule has 3 atom stereocenters. The summed E-state index contributed by atoms with van der Waals surface area (Å²) in [7, 11) is 0. The summed E-state index contributed by atoms with van der Waals surface area (Å²) in [6.45, 7) is 6.18. The van der Waals surface area contributed by atoms with Gasteiger partial charge in [0.25, 0.3) is 0 Å². The summed E-state index contributed by atoms with van der Waals surface area (Å²) in [5, 5.41) is 1.93. The van der Waals surface area contributed by atoms with Crippen molar-refractivity contribution < 1.29 is 19.1 Å². The van der Waals surface area contributed by atoms with Crippen molar-refractivity contribution in [1.82, 2.24) is 9.38 Å². The Hall–Kier alpha value is -1.89. The number of hydrogen-bond donors (Lipinski definition) is 0. The zero-order chi connectivity index (χ0) is 18.7. The van der Waals surface area contributed by atoms with Crippen LogP contribution in [0.2, 0.25) is 0 Å². The first-order valence-corrected chi connectivity index (χ1v) is 10.1. The van der Waals surface area contributed by atoms with E-state index in [2.05, 4.69) is 25.8 Å². The lowest BCUT2D eigenvalue weighted by Crippen LogP contribution is -2.36. The van der Waals surface area contributed by atoms with E-state index in [1.165, 1.54) is 17.8 Å². The Kier molecular flexibility index (Phi) is 5.96. The average molecular weight is 378 g/mol. The van der Waals surface area contributed by atoms with Gasteiger partial charge in [-0.05, 0) is 30.6 Å². The Bertz CT molecular complexity index is 738. The van der Waals surface area contributed by atoms with Crippen molar-refractivity contribution in [3.05, 3.63) is 23.5 Å². The highest BCUT2D eigenvalue weighted by atomic mass is 32.1. The van der Waals surface area contributed by atoms with Crippen LogP contribution in [0.15, 0.2) is 17.8 Å². The minimum Gasteiger partial charge on any atom is -0.460 e. The van der Waals surface area contributed by atoms with Gasteiger partial charge >= 0.3 is 11.9 Å². The third-order valence-corrected chi connectivity index (χ3v) is 5.83. The lowest BCUT2D eigenvalue weighted by atomic mass is 9.75. The van der Waals surface area contributed by atoms with Gasteiger partial charge in [-0.15, -0.1) is 11.3 Å². The van der Waals surface area contributed by atoms with Crippen molar-refractivity contribution in [3.63, 3.8) is 0 Å². The van der Waals surface area contributed by atoms with Gasteiger partial charge in [0.15, 0.2) is 11.6 Å². The van der Waals surface area contributed by atoms with Crippen molar-refractivity contribution in [2.75, 3.05) is 6.61 Å². The fourth-order valence-corrected chi connectivity index (χ4v) is 4.37. The van der Waals surface area contributed by atoms with E-state index in [0.29, 0.717) is 23.4 Å². The van der Waals surface area contributed by atoms with Crippen LogP contribution in [0.5, 0.6) is 0 Å². The van der Waals surface area contributed by atoms with E-state index < -0.39 is 11.9 Å². The summed E-state index contributed by atoms with van der Waals surface area (Å²) in [6.07, 6.45) is 6.79. The highest BCUT2D eigenvalue weighted by molar-refractivity contribution is 7.15. The van der Waals surface area contributed by atoms with E-state index in [4.69, 9.17) is 9.47 Å². The summed E-state index contributed by atoms with van der Waals surface area (Å²) >= 11 is 1.50. The molecular formula is C19H26N2O4S. The summed E-state index contributed by atoms with van der Waals surface area (Å²) < 4.78 is 12.6. The Morgan fingerprint density at radius 1 is 1.35 bits per heavy atom. The van der Waals surface area contributed by atoms with Crippen LogP contribution in [0, 0.1) is 17.8 Å². The predicted molar refractivity (Wildman–Crippen MR) is 99.0 cm³/mol. The fourth-order valence-electron chi connectivity index (χ4n) is 3.65. The van der Waals surface area contributed by atoms with E-state index in [1.807, 2.05) is 16.0 Å². The Morgan fingerprint density at radius 2 is 2.15 bits per heavy atom. The molecule has 2 aromatic rings. The van der Waals surface area contributed by atoms with Crippen molar-refractivity contribution in [2.45, 2.75) is 52.6 Å². The van der Waals surface area contributed by atoms with Gasteiger partial charge in [-0.2, -0.15) is 0 Å². The molecule has 3 rings (SSSR count). The molecule has 0 saturated heterocycles. The van der Waals surface area contributed by atoms with Crippen molar-refractivity contribution >= 4 is 28.2 Å². The van der Waals surface area contributed by atoms with Gasteiger partial charge in [0.05, 0.1) is 12.1 Å². The molecule has 0 aliphatic heterocycles. The Balaban J connectivity index is 1.46. The smallest absolute Gasteiger partial charge is 0.344 e. The maximum absolute atomic E-state index is 12.1. The molecule has 2 aromatic heterocycles. The Morgan fingerprint density at radius 3 is 2.88 bits per heavy atom. The summed E-state index contributed by atoms with van der Waals surface area (Å²) in [6, 6.07) is 0. The quantitative estimate of drug-likeness (QED) is 0.720. The first-order valence-electron chi connectivity index (χ1n) is 9.18. The molecule has 0 N–H and O–H groups in total. The monoisotopic (exact) mass is 378 g/mol. The molecule has 142 valence electrons. The van der Waals surface area contributed by atoms with Crippen LogP contribution in [0.1, 0.15) is 45.7 Å². The van der Waals surface area contributed by atoms with Crippen molar-refractivity contribution in [3.8, 4) is 0 Å². The number of imidazole rings is 1. The molecule has 1 aliphatic rings. The standard InChI is InChI=1S/C19H26N2O4S/c1-12(2)15-5-4-13(3)8-16(15)25-18(23)11-24-17(22)9-14-10-21-6-7-26-19(21)20-14/h6-7,10,12-13,15-16H,4-5,8-9,11H2,1-3H3/t13-,15-,16-/m1/s1. The van der Waals surface area contributed by atoms with Crippen molar-refractivity contribution in [1.29, 1.82) is 0 Å². The largest absolute Gasteiger partial charge is 0.460 e. The summed E-state index contributed by atoms with van der Waals surface area (Å²) in [4.78, 5) is 29.2. The molecule has 0 unspecified atom stereocenters. The van der Waals surface area contributed by atoms with Crippen LogP contribution in [-0.2, 0) is 25.5 Å². The third-order valence-electron chi connectivity index (χ3n) is 5.06. The molecule has 6 nitrogen and oxygen atoms in total. The Labute approximate surface area is 157 Å². The highest BCUT2D eigenvalue weighted by Crippen LogP contribution is 2.35. The zero-order valence-electron chi connectivity index (χ0n) is 15.5. The minimum atomic E-state index is -0.467. The maximum atomic E-state index is 12.1. The number of esters is 2. The topological polar surface area (TPSA) is 69.9 Å². The van der Waals surface area contributed by atoms with Gasteiger partial charge in [-0.25, -0.2) is 9.78 Å². The van der Waals surface area contributed by atoms with Crippen LogP contribution in [0.3, 0.4) is 0 Å². The van der Waals surface area contributed by atoms with E-state index in [9.17, 15) is 9.59 Å². The van der Waals surface area contributed by atoms with E-state index in [1.54, 1.807) is 6.20 Å². The number of carbonyl (C=O) groups excluding carboxylic acids is 2. The van der Waals surface area contributed by atoms with Gasteiger partial charge in [0.2, 0.25) is 0 Å². The normalized spacial score (nSPS) is 23.3. The highest BCUT2D eigenvalue weighted by Gasteiger charge is 2.33. The SMILES string of the molecule is CC(C)[C@H]1CC[C@@H](C)C[C@H]1OC(=O)COC(=O)Cc1cn2ccsc2n1. The molecule has 0 spiro atoms. The van der Waals surface area contributed by atoms with Crippen LogP contribution in [-0.4, -0.2) is 34.0 Å². The van der Waals surface area contributed by atoms with E-state index in [0.717, 1.165) is 17.8 Å². The maximum Gasteiger partial charge on any atom is 0.344 e. The summed E-state index contributed by atoms with van der Waals surface area (Å²) in [5.74, 6) is 0.473. The lowest BCUT2D eigenvalue weighted by molar-refractivity contribution is -0.166. The molecule has 26 heavy (non-hydrogen) atoms. The van der Waals surface area contributed by atoms with Crippen LogP contribution >= 0.6 is 11.3 Å². The minimum absolute atomic E-state index is 0.0523. The molecule has 0 radical (unpaired) electrons. The number of nitrogens with zero attached hydrogens (tertiary/aromatic N) is 2. The molecule has 1 aliphatic carbocycles. The van der Waals surface area contributed by atoms with Gasteiger partial charge in [-0.3, -0.25) is 9.20 Å². The molecule has 1 saturated carbocycles. The fraction of sp³-hybridized carbons (Fsp3) is 0.632. The molecular weight excluding hydrogens is 352 g/mol. The second-order valence-electron chi connectivity index (χ2n) is 7.52. The second kappa shape index (κ2) is 8.20. The number of carbonyl (C=O) groups is 2. The number of thiazole rings is 1. The number of ether oxygens (including phenoxy) is 2. The van der Waals surface area contributed by atoms with Gasteiger partial charge in [0, 0.05) is 17.8 Å². The molecule has 0 aromatic carbocycles. The summed E-state index contributed by atoms with van der Waals surface area (Å²) in [5.41, 5.74) is 0.635. The molecule has 1 fully saturated rings. The first-order chi connectivity index (χ1) is 12.4. The number of aromatic nitrogens is 2. The zero-order valence-corrected chi connectivity index (χ0v) is 16.3. The molecule has 2 heterocycles. The van der Waals surface area contributed by atoms with Crippen LogP contribution < -0.4 is 0 Å². The first kappa shape index (κ1) is 18.9. The predicted octanol–water partition coefficient (Wildman–Crippen LogP) is 3.49. The number of fused-ring (bicyclic) bond motifs is 1. The van der Waals surface area contributed by atoms with Gasteiger partial charge in [0.1, 0.15) is 6.10 Å². The van der Waals surface area contributed by atoms with Crippen LogP contribution in [0.4, 0.5) is 0 Å². The van der Waals surface area contributed by atoms with Crippen LogP contribution in [0.25, 0.3) is 4.96 Å². The molecule has 0 amide bonds. The van der Waals surface area contributed by atoms with E-state index >= 15 is 0 Å². The van der Waals surface area contributed by atoms with Gasteiger partial charge < -0.3 is 9.47 Å². The molecule has 0 bridgehead atoms. The van der Waals surface area contributed by atoms with Crippen molar-refractivity contribution in [2.24, 2.45) is 17.8 Å². The number of rotatable bonds is 6. The third kappa shape index (κ3) is 4.63. The second-order valence-corrected chi connectivity index (χ2v) is 8.39. The number of hydrogen-bond acceptors (Lipinski definition) is 6. The lowest BCUT2D eigenvalue weighted by Gasteiger charge is -2.36. The van der Waals surface area contributed by atoms with Gasteiger partial charge in [-0.1, -0.05) is 27.2 Å². The average Bonchev–Trinajstić information content (AvgIpc) is 3.14. The van der Waals surface area contributed by atoms with E-state index in [-0.39, 0.29) is 19.1 Å². The molecule has 7 heteroatoms.